The summed E-state index contributed by atoms with van der Waals surface area (Å²) < 4.78 is 0. The lowest BCUT2D eigenvalue weighted by Crippen LogP contribution is -2.45. The van der Waals surface area contributed by atoms with Crippen LogP contribution in [0.2, 0.25) is 0 Å². The second kappa shape index (κ2) is 8.08. The van der Waals surface area contributed by atoms with E-state index in [1.807, 2.05) is 0 Å². The van der Waals surface area contributed by atoms with Gasteiger partial charge in [0.25, 0.3) is 0 Å². The third-order valence-electron chi connectivity index (χ3n) is 3.22. The van der Waals surface area contributed by atoms with Crippen LogP contribution in [-0.4, -0.2) is 37.1 Å². The zero-order chi connectivity index (χ0) is 11.8. The van der Waals surface area contributed by atoms with Crippen molar-refractivity contribution in [1.29, 1.82) is 0 Å². The summed E-state index contributed by atoms with van der Waals surface area (Å²) in [5, 5.41) is 3.43. The highest BCUT2D eigenvalue weighted by Gasteiger charge is 2.21. The Bertz CT molecular complexity index is 137. The first kappa shape index (κ1) is 14.0. The van der Waals surface area contributed by atoms with E-state index < -0.39 is 0 Å². The molecule has 0 unspecified atom stereocenters. The molecule has 0 spiro atoms. The number of rotatable bonds is 1. The average Bonchev–Trinajstić information content (AvgIpc) is 2.31. The topological polar surface area (TPSA) is 15.3 Å². The molecule has 0 amide bonds. The molecular weight excluding hydrogens is 196 g/mol. The van der Waals surface area contributed by atoms with Gasteiger partial charge in [-0.1, -0.05) is 27.2 Å². The van der Waals surface area contributed by atoms with E-state index in [9.17, 15) is 0 Å². The molecule has 0 saturated carbocycles. The number of hydrogen-bond acceptors (Lipinski definition) is 2. The van der Waals surface area contributed by atoms with Crippen LogP contribution >= 0.6 is 0 Å². The van der Waals surface area contributed by atoms with Gasteiger partial charge in [-0.15, -0.1) is 0 Å². The van der Waals surface area contributed by atoms with Gasteiger partial charge in [0.2, 0.25) is 0 Å². The Morgan fingerprint density at radius 2 is 1.44 bits per heavy atom. The van der Waals surface area contributed by atoms with Crippen LogP contribution in [0.4, 0.5) is 0 Å². The van der Waals surface area contributed by atoms with Crippen molar-refractivity contribution in [3.8, 4) is 0 Å². The fraction of sp³-hybridized carbons (Fsp3) is 1.00. The summed E-state index contributed by atoms with van der Waals surface area (Å²) >= 11 is 0. The smallest absolute Gasteiger partial charge is 0.0119 e. The Morgan fingerprint density at radius 1 is 0.938 bits per heavy atom. The number of piperidine rings is 2. The van der Waals surface area contributed by atoms with Crippen molar-refractivity contribution in [2.45, 2.75) is 58.9 Å². The van der Waals surface area contributed by atoms with E-state index in [1.54, 1.807) is 0 Å². The van der Waals surface area contributed by atoms with Crippen LogP contribution in [-0.2, 0) is 0 Å². The fourth-order valence-electron chi connectivity index (χ4n) is 2.46. The van der Waals surface area contributed by atoms with Crippen LogP contribution < -0.4 is 5.32 Å². The van der Waals surface area contributed by atoms with Crippen molar-refractivity contribution in [2.24, 2.45) is 5.92 Å². The van der Waals surface area contributed by atoms with Crippen LogP contribution in [0.15, 0.2) is 0 Å². The van der Waals surface area contributed by atoms with Crippen LogP contribution in [0, 0.1) is 5.92 Å². The van der Waals surface area contributed by atoms with E-state index in [4.69, 9.17) is 0 Å². The summed E-state index contributed by atoms with van der Waals surface area (Å²) in [6.07, 6.45) is 7.08. The molecule has 2 rings (SSSR count). The van der Waals surface area contributed by atoms with Gasteiger partial charge in [-0.05, 0) is 57.8 Å². The highest BCUT2D eigenvalue weighted by atomic mass is 15.2. The van der Waals surface area contributed by atoms with E-state index in [-0.39, 0.29) is 0 Å². The van der Waals surface area contributed by atoms with Gasteiger partial charge in [-0.3, -0.25) is 0 Å². The molecule has 2 nitrogen and oxygen atoms in total. The van der Waals surface area contributed by atoms with Crippen LogP contribution in [0.3, 0.4) is 0 Å². The summed E-state index contributed by atoms with van der Waals surface area (Å²) in [6.45, 7) is 11.7. The van der Waals surface area contributed by atoms with Crippen LogP contribution in [0.1, 0.15) is 52.9 Å². The van der Waals surface area contributed by atoms with Gasteiger partial charge in [0.1, 0.15) is 0 Å². The van der Waals surface area contributed by atoms with Gasteiger partial charge >= 0.3 is 0 Å². The molecular formula is C14H30N2. The second-order valence-corrected chi connectivity index (χ2v) is 5.81. The molecule has 0 bridgehead atoms. The van der Waals surface area contributed by atoms with Crippen molar-refractivity contribution in [1.82, 2.24) is 10.2 Å². The molecule has 0 radical (unpaired) electrons. The number of nitrogens with zero attached hydrogens (tertiary/aromatic N) is 1. The lowest BCUT2D eigenvalue weighted by atomic mass is 10.0. The van der Waals surface area contributed by atoms with Gasteiger partial charge in [-0.2, -0.15) is 0 Å². The standard InChI is InChI=1S/C10H20N2.C4H10/c1-2-8-12(9-3-1)10-4-6-11-7-5-10;1-4(2)3/h10-11H,1-9H2;4H,1-3H3. The van der Waals surface area contributed by atoms with Crippen LogP contribution in [0.5, 0.6) is 0 Å². The number of likely N-dealkylation sites (tertiary alicyclic amines) is 1. The third kappa shape index (κ3) is 5.86. The molecule has 2 aliphatic rings. The first-order chi connectivity index (χ1) is 7.70. The fourth-order valence-corrected chi connectivity index (χ4v) is 2.46. The molecule has 2 saturated heterocycles. The van der Waals surface area contributed by atoms with Gasteiger partial charge in [0, 0.05) is 6.04 Å². The van der Waals surface area contributed by atoms with Gasteiger partial charge < -0.3 is 10.2 Å². The molecule has 2 heterocycles. The van der Waals surface area contributed by atoms with Crippen molar-refractivity contribution in [2.75, 3.05) is 26.2 Å². The SMILES string of the molecule is C1CCN(C2CCNCC2)CC1.CC(C)C. The van der Waals surface area contributed by atoms with E-state index in [2.05, 4.69) is 31.0 Å². The Balaban J connectivity index is 0.000000280. The molecule has 96 valence electrons. The molecule has 0 atom stereocenters. The van der Waals surface area contributed by atoms with Crippen molar-refractivity contribution < 1.29 is 0 Å². The molecule has 2 fully saturated rings. The minimum atomic E-state index is 0.833. The van der Waals surface area contributed by atoms with Gasteiger partial charge in [0.15, 0.2) is 0 Å². The zero-order valence-electron chi connectivity index (χ0n) is 11.5. The largest absolute Gasteiger partial charge is 0.317 e. The quantitative estimate of drug-likeness (QED) is 0.739. The molecule has 2 heteroatoms. The minimum Gasteiger partial charge on any atom is -0.317 e. The lowest BCUT2D eigenvalue weighted by molar-refractivity contribution is 0.136. The Labute approximate surface area is 102 Å². The first-order valence-electron chi connectivity index (χ1n) is 7.15. The maximum Gasteiger partial charge on any atom is 0.0119 e. The molecule has 1 N–H and O–H groups in total. The summed E-state index contributed by atoms with van der Waals surface area (Å²) in [5.41, 5.74) is 0. The maximum atomic E-state index is 3.43. The molecule has 0 aromatic heterocycles. The van der Waals surface area contributed by atoms with Crippen molar-refractivity contribution >= 4 is 0 Å². The highest BCUT2D eigenvalue weighted by Crippen LogP contribution is 2.17. The zero-order valence-corrected chi connectivity index (χ0v) is 11.5. The summed E-state index contributed by atoms with van der Waals surface area (Å²) in [7, 11) is 0. The third-order valence-corrected chi connectivity index (χ3v) is 3.22. The van der Waals surface area contributed by atoms with E-state index >= 15 is 0 Å². The first-order valence-corrected chi connectivity index (χ1v) is 7.15. The number of hydrogen-bond donors (Lipinski definition) is 1. The lowest BCUT2D eigenvalue weighted by Gasteiger charge is -2.36. The maximum absolute atomic E-state index is 3.43. The van der Waals surface area contributed by atoms with E-state index in [0.717, 1.165) is 12.0 Å². The summed E-state index contributed by atoms with van der Waals surface area (Å²) in [4.78, 5) is 2.71. The highest BCUT2D eigenvalue weighted by molar-refractivity contribution is 4.79. The van der Waals surface area contributed by atoms with E-state index in [1.165, 1.54) is 58.3 Å². The normalized spacial score (nSPS) is 24.0. The Morgan fingerprint density at radius 3 is 1.94 bits per heavy atom. The van der Waals surface area contributed by atoms with Crippen molar-refractivity contribution in [3.05, 3.63) is 0 Å². The summed E-state index contributed by atoms with van der Waals surface area (Å²) in [6, 6.07) is 0.909. The van der Waals surface area contributed by atoms with Gasteiger partial charge in [0.05, 0.1) is 0 Å². The summed E-state index contributed by atoms with van der Waals surface area (Å²) in [5.74, 6) is 0.833. The average molecular weight is 226 g/mol. The molecule has 0 aliphatic carbocycles. The van der Waals surface area contributed by atoms with Gasteiger partial charge in [-0.25, -0.2) is 0 Å². The second-order valence-electron chi connectivity index (χ2n) is 5.81. The van der Waals surface area contributed by atoms with Crippen LogP contribution in [0.25, 0.3) is 0 Å². The molecule has 0 aromatic carbocycles. The molecule has 16 heavy (non-hydrogen) atoms. The van der Waals surface area contributed by atoms with Crippen molar-refractivity contribution in [3.63, 3.8) is 0 Å². The predicted octanol–water partition coefficient (Wildman–Crippen LogP) is 2.89. The molecule has 0 aromatic rings. The number of nitrogens with one attached hydrogen (secondary N) is 1. The monoisotopic (exact) mass is 226 g/mol. The molecule has 2 aliphatic heterocycles. The van der Waals surface area contributed by atoms with E-state index in [0.29, 0.717) is 0 Å². The Kier molecular flexibility index (Phi) is 7.06. The predicted molar refractivity (Wildman–Crippen MR) is 71.8 cm³/mol. The minimum absolute atomic E-state index is 0.833. The Hall–Kier alpha value is -0.0800.